The Hall–Kier alpha value is -0.570. The predicted molar refractivity (Wildman–Crippen MR) is 45.0 cm³/mol. The van der Waals surface area contributed by atoms with Gasteiger partial charge in [-0.05, 0) is 32.6 Å². The summed E-state index contributed by atoms with van der Waals surface area (Å²) in [6, 6.07) is 0. The fourth-order valence-electron chi connectivity index (χ4n) is 1.96. The van der Waals surface area contributed by atoms with E-state index >= 15 is 0 Å². The van der Waals surface area contributed by atoms with Gasteiger partial charge in [0.1, 0.15) is 0 Å². The highest BCUT2D eigenvalue weighted by atomic mass is 16.5. The Kier molecular flexibility index (Phi) is 3.09. The van der Waals surface area contributed by atoms with Crippen LogP contribution in [0.3, 0.4) is 0 Å². The molecule has 0 amide bonds. The van der Waals surface area contributed by atoms with Gasteiger partial charge in [-0.3, -0.25) is 4.79 Å². The maximum absolute atomic E-state index is 10.4. The van der Waals surface area contributed by atoms with Gasteiger partial charge >= 0.3 is 5.97 Å². The van der Waals surface area contributed by atoms with Crippen molar-refractivity contribution in [2.75, 3.05) is 0 Å². The summed E-state index contributed by atoms with van der Waals surface area (Å²) in [7, 11) is 0. The smallest absolute Gasteiger partial charge is 0.303 e. The number of ether oxygens (including phenoxy) is 1. The van der Waals surface area contributed by atoms with E-state index in [9.17, 15) is 4.79 Å². The third-order valence-corrected chi connectivity index (χ3v) is 2.26. The lowest BCUT2D eigenvalue weighted by molar-refractivity contribution is -0.140. The van der Waals surface area contributed by atoms with Crippen LogP contribution >= 0.6 is 0 Å². The van der Waals surface area contributed by atoms with Crippen molar-refractivity contribution < 1.29 is 14.6 Å². The minimum atomic E-state index is -0.693. The zero-order valence-corrected chi connectivity index (χ0v) is 7.62. The SMILES string of the molecule is CC1CC(CC(=O)O)C[C@@H](C)O1. The summed E-state index contributed by atoms with van der Waals surface area (Å²) in [6.07, 6.45) is 2.50. The van der Waals surface area contributed by atoms with E-state index in [0.717, 1.165) is 12.8 Å². The van der Waals surface area contributed by atoms with Crippen LogP contribution in [-0.2, 0) is 9.53 Å². The van der Waals surface area contributed by atoms with E-state index in [0.29, 0.717) is 5.92 Å². The van der Waals surface area contributed by atoms with Crippen LogP contribution in [0.15, 0.2) is 0 Å². The molecule has 0 aromatic rings. The highest BCUT2D eigenvalue weighted by molar-refractivity contribution is 5.67. The molecular formula is C9H16O3. The zero-order valence-electron chi connectivity index (χ0n) is 7.62. The predicted octanol–water partition coefficient (Wildman–Crippen LogP) is 1.66. The van der Waals surface area contributed by atoms with Gasteiger partial charge in [0.15, 0.2) is 0 Å². The molecule has 0 spiro atoms. The van der Waals surface area contributed by atoms with Gasteiger partial charge in [-0.25, -0.2) is 0 Å². The van der Waals surface area contributed by atoms with Crippen molar-refractivity contribution in [3.8, 4) is 0 Å². The Bertz CT molecular complexity index is 157. The second kappa shape index (κ2) is 3.90. The summed E-state index contributed by atoms with van der Waals surface area (Å²) in [4.78, 5) is 10.4. The van der Waals surface area contributed by atoms with Crippen LogP contribution in [0, 0.1) is 5.92 Å². The maximum atomic E-state index is 10.4. The van der Waals surface area contributed by atoms with Crippen molar-refractivity contribution in [2.45, 2.75) is 45.3 Å². The number of carboxylic acids is 1. The molecule has 1 heterocycles. The van der Waals surface area contributed by atoms with Gasteiger partial charge in [0, 0.05) is 6.42 Å². The average molecular weight is 172 g/mol. The van der Waals surface area contributed by atoms with Crippen LogP contribution in [0.2, 0.25) is 0 Å². The molecule has 0 aliphatic carbocycles. The molecule has 0 saturated carbocycles. The molecule has 1 fully saturated rings. The van der Waals surface area contributed by atoms with Gasteiger partial charge < -0.3 is 9.84 Å². The van der Waals surface area contributed by atoms with Crippen LogP contribution in [0.5, 0.6) is 0 Å². The molecule has 1 aliphatic rings. The fraction of sp³-hybridized carbons (Fsp3) is 0.889. The molecule has 1 aliphatic heterocycles. The van der Waals surface area contributed by atoms with Crippen LogP contribution < -0.4 is 0 Å². The summed E-state index contributed by atoms with van der Waals surface area (Å²) < 4.78 is 5.51. The number of hydrogen-bond acceptors (Lipinski definition) is 2. The summed E-state index contributed by atoms with van der Waals surface area (Å²) in [5, 5.41) is 8.60. The first-order chi connectivity index (χ1) is 5.58. The lowest BCUT2D eigenvalue weighted by Gasteiger charge is -2.31. The average Bonchev–Trinajstić information content (AvgIpc) is 1.81. The minimum Gasteiger partial charge on any atom is -0.481 e. The van der Waals surface area contributed by atoms with E-state index in [-0.39, 0.29) is 18.6 Å². The van der Waals surface area contributed by atoms with Crippen molar-refractivity contribution in [3.63, 3.8) is 0 Å². The Morgan fingerprint density at radius 1 is 1.42 bits per heavy atom. The quantitative estimate of drug-likeness (QED) is 0.689. The number of carboxylic acid groups (broad SMARTS) is 1. The molecule has 0 bridgehead atoms. The molecule has 1 saturated heterocycles. The monoisotopic (exact) mass is 172 g/mol. The van der Waals surface area contributed by atoms with Crippen molar-refractivity contribution in [2.24, 2.45) is 5.92 Å². The van der Waals surface area contributed by atoms with E-state index in [2.05, 4.69) is 0 Å². The lowest BCUT2D eigenvalue weighted by atomic mass is 9.90. The third kappa shape index (κ3) is 2.81. The highest BCUT2D eigenvalue weighted by Gasteiger charge is 2.25. The Morgan fingerprint density at radius 2 is 1.92 bits per heavy atom. The number of carbonyl (C=O) groups is 1. The zero-order chi connectivity index (χ0) is 9.14. The van der Waals surface area contributed by atoms with Gasteiger partial charge in [0.2, 0.25) is 0 Å². The largest absolute Gasteiger partial charge is 0.481 e. The van der Waals surface area contributed by atoms with Crippen LogP contribution in [-0.4, -0.2) is 23.3 Å². The summed E-state index contributed by atoms with van der Waals surface area (Å²) in [6.45, 7) is 4.01. The van der Waals surface area contributed by atoms with E-state index in [1.165, 1.54) is 0 Å². The molecule has 3 atom stereocenters. The Balaban J connectivity index is 2.38. The number of hydrogen-bond donors (Lipinski definition) is 1. The van der Waals surface area contributed by atoms with Gasteiger partial charge in [0.25, 0.3) is 0 Å². The summed E-state index contributed by atoms with van der Waals surface area (Å²) in [5.74, 6) is -0.387. The molecule has 12 heavy (non-hydrogen) atoms. The highest BCUT2D eigenvalue weighted by Crippen LogP contribution is 2.26. The second-order valence-corrected chi connectivity index (χ2v) is 3.69. The first-order valence-electron chi connectivity index (χ1n) is 4.45. The van der Waals surface area contributed by atoms with Crippen molar-refractivity contribution in [1.29, 1.82) is 0 Å². The standard InChI is InChI=1S/C9H16O3/c1-6-3-8(5-9(10)11)4-7(2)12-6/h6-8H,3-5H2,1-2H3,(H,10,11)/t6-,7?,8?/m1/s1. The molecule has 3 heteroatoms. The molecule has 70 valence electrons. The molecule has 1 N–H and O–H groups in total. The van der Waals surface area contributed by atoms with Gasteiger partial charge in [-0.2, -0.15) is 0 Å². The lowest BCUT2D eigenvalue weighted by Crippen LogP contribution is -2.30. The van der Waals surface area contributed by atoms with Gasteiger partial charge in [0.05, 0.1) is 12.2 Å². The number of aliphatic carboxylic acids is 1. The minimum absolute atomic E-state index is 0.220. The molecule has 2 unspecified atom stereocenters. The summed E-state index contributed by atoms with van der Waals surface area (Å²) in [5.41, 5.74) is 0. The van der Waals surface area contributed by atoms with Crippen LogP contribution in [0.4, 0.5) is 0 Å². The Labute approximate surface area is 72.7 Å². The first kappa shape index (κ1) is 9.52. The fourth-order valence-corrected chi connectivity index (χ4v) is 1.96. The van der Waals surface area contributed by atoms with Gasteiger partial charge in [-0.1, -0.05) is 0 Å². The van der Waals surface area contributed by atoms with E-state index in [1.54, 1.807) is 0 Å². The molecule has 0 aromatic heterocycles. The normalized spacial score (nSPS) is 36.3. The van der Waals surface area contributed by atoms with Crippen molar-refractivity contribution in [1.82, 2.24) is 0 Å². The van der Waals surface area contributed by atoms with Crippen LogP contribution in [0.1, 0.15) is 33.1 Å². The van der Waals surface area contributed by atoms with Crippen LogP contribution in [0.25, 0.3) is 0 Å². The van der Waals surface area contributed by atoms with E-state index in [4.69, 9.17) is 9.84 Å². The van der Waals surface area contributed by atoms with Crippen molar-refractivity contribution >= 4 is 5.97 Å². The molecular weight excluding hydrogens is 156 g/mol. The molecule has 0 aromatic carbocycles. The first-order valence-corrected chi connectivity index (χ1v) is 4.45. The third-order valence-electron chi connectivity index (χ3n) is 2.26. The van der Waals surface area contributed by atoms with Crippen molar-refractivity contribution in [3.05, 3.63) is 0 Å². The second-order valence-electron chi connectivity index (χ2n) is 3.69. The molecule has 0 radical (unpaired) electrons. The Morgan fingerprint density at radius 3 is 2.33 bits per heavy atom. The maximum Gasteiger partial charge on any atom is 0.303 e. The molecule has 3 nitrogen and oxygen atoms in total. The topological polar surface area (TPSA) is 46.5 Å². The van der Waals surface area contributed by atoms with E-state index < -0.39 is 5.97 Å². The molecule has 1 rings (SSSR count). The summed E-state index contributed by atoms with van der Waals surface area (Å²) >= 11 is 0. The number of rotatable bonds is 2. The van der Waals surface area contributed by atoms with Gasteiger partial charge in [-0.15, -0.1) is 0 Å². The van der Waals surface area contributed by atoms with E-state index in [1.807, 2.05) is 13.8 Å².